The molecule has 2 unspecified atom stereocenters. The molecule has 0 spiro atoms. The van der Waals surface area contributed by atoms with Crippen molar-refractivity contribution in [3.8, 4) is 5.75 Å². The Hall–Kier alpha value is -2.01. The zero-order valence-corrected chi connectivity index (χ0v) is 13.7. The number of carbonyl (C=O) groups excluding carboxylic acids is 1. The molecule has 1 amide bonds. The summed E-state index contributed by atoms with van der Waals surface area (Å²) in [4.78, 5) is 12.3. The first-order valence-electron chi connectivity index (χ1n) is 7.28. The number of benzene rings is 1. The van der Waals surface area contributed by atoms with Crippen molar-refractivity contribution >= 4 is 23.3 Å². The molecule has 0 aliphatic heterocycles. The Morgan fingerprint density at radius 1 is 1.36 bits per heavy atom. The first-order chi connectivity index (χ1) is 10.5. The highest BCUT2D eigenvalue weighted by molar-refractivity contribution is 6.32. The van der Waals surface area contributed by atoms with Crippen LogP contribution in [-0.2, 0) is 4.79 Å². The van der Waals surface area contributed by atoms with Crippen LogP contribution in [0.15, 0.2) is 36.5 Å². The molecule has 1 heterocycles. The number of hydrogen-bond donors (Lipinski definition) is 1. The molecule has 0 aliphatic rings. The average molecular weight is 322 g/mol. The molecule has 5 nitrogen and oxygen atoms in total. The number of halogens is 1. The van der Waals surface area contributed by atoms with Crippen LogP contribution in [0.3, 0.4) is 0 Å². The Balaban J connectivity index is 2.03. The molecule has 2 atom stereocenters. The van der Waals surface area contributed by atoms with E-state index in [1.54, 1.807) is 36.0 Å². The van der Waals surface area contributed by atoms with Crippen molar-refractivity contribution in [2.75, 3.05) is 5.32 Å². The number of para-hydroxylation sites is 1. The van der Waals surface area contributed by atoms with Crippen LogP contribution >= 0.6 is 11.6 Å². The molecule has 2 rings (SSSR count). The number of carbonyl (C=O) groups is 1. The molecule has 118 valence electrons. The quantitative estimate of drug-likeness (QED) is 0.877. The van der Waals surface area contributed by atoms with Crippen molar-refractivity contribution in [1.29, 1.82) is 0 Å². The number of ether oxygens (including phenoxy) is 1. The second kappa shape index (κ2) is 7.31. The Morgan fingerprint density at radius 3 is 2.77 bits per heavy atom. The van der Waals surface area contributed by atoms with Gasteiger partial charge in [-0.1, -0.05) is 30.7 Å². The van der Waals surface area contributed by atoms with Crippen molar-refractivity contribution in [2.45, 2.75) is 39.3 Å². The second-order valence-corrected chi connectivity index (χ2v) is 5.51. The van der Waals surface area contributed by atoms with Crippen molar-refractivity contribution in [3.63, 3.8) is 0 Å². The molecular weight excluding hydrogens is 302 g/mol. The highest BCUT2D eigenvalue weighted by atomic mass is 35.5. The number of hydrogen-bond acceptors (Lipinski definition) is 3. The normalized spacial score (nSPS) is 13.5. The maximum atomic E-state index is 12.3. The SMILES string of the molecule is CCC(C)n1nccc1NC(=O)C(C)Oc1ccccc1Cl. The maximum Gasteiger partial charge on any atom is 0.266 e. The fourth-order valence-electron chi connectivity index (χ4n) is 1.95. The van der Waals surface area contributed by atoms with Crippen LogP contribution in [-0.4, -0.2) is 21.8 Å². The minimum absolute atomic E-state index is 0.213. The van der Waals surface area contributed by atoms with Gasteiger partial charge in [-0.2, -0.15) is 5.10 Å². The summed E-state index contributed by atoms with van der Waals surface area (Å²) in [6.07, 6.45) is 1.93. The van der Waals surface area contributed by atoms with Crippen LogP contribution in [0.1, 0.15) is 33.2 Å². The number of nitrogens with one attached hydrogen (secondary N) is 1. The summed E-state index contributed by atoms with van der Waals surface area (Å²) in [7, 11) is 0. The third-order valence-corrected chi connectivity index (χ3v) is 3.75. The number of rotatable bonds is 6. The molecular formula is C16H20ClN3O2. The molecule has 0 aliphatic carbocycles. The average Bonchev–Trinajstić information content (AvgIpc) is 2.96. The first kappa shape index (κ1) is 16.4. The van der Waals surface area contributed by atoms with E-state index >= 15 is 0 Å². The zero-order valence-electron chi connectivity index (χ0n) is 12.9. The molecule has 1 N–H and O–H groups in total. The predicted octanol–water partition coefficient (Wildman–Crippen LogP) is 3.91. The second-order valence-electron chi connectivity index (χ2n) is 5.10. The van der Waals surface area contributed by atoms with Crippen LogP contribution in [0.2, 0.25) is 5.02 Å². The van der Waals surface area contributed by atoms with E-state index in [1.165, 1.54) is 0 Å². The Kier molecular flexibility index (Phi) is 5.44. The van der Waals surface area contributed by atoms with E-state index < -0.39 is 6.10 Å². The van der Waals surface area contributed by atoms with Crippen LogP contribution < -0.4 is 10.1 Å². The van der Waals surface area contributed by atoms with Gasteiger partial charge in [-0.3, -0.25) is 4.79 Å². The molecule has 0 saturated heterocycles. The van der Waals surface area contributed by atoms with Gasteiger partial charge < -0.3 is 10.1 Å². The first-order valence-corrected chi connectivity index (χ1v) is 7.66. The molecule has 1 aromatic carbocycles. The van der Waals surface area contributed by atoms with Crippen LogP contribution in [0, 0.1) is 0 Å². The third-order valence-electron chi connectivity index (χ3n) is 3.44. The summed E-state index contributed by atoms with van der Waals surface area (Å²) in [6, 6.07) is 9.06. The van der Waals surface area contributed by atoms with Crippen molar-refractivity contribution in [1.82, 2.24) is 9.78 Å². The summed E-state index contributed by atoms with van der Waals surface area (Å²) in [5, 5.41) is 7.55. The summed E-state index contributed by atoms with van der Waals surface area (Å²) >= 11 is 6.03. The number of anilines is 1. The maximum absolute atomic E-state index is 12.3. The highest BCUT2D eigenvalue weighted by Crippen LogP contribution is 2.24. The van der Waals surface area contributed by atoms with Crippen LogP contribution in [0.25, 0.3) is 0 Å². The van der Waals surface area contributed by atoms with Gasteiger partial charge in [0, 0.05) is 6.07 Å². The van der Waals surface area contributed by atoms with E-state index in [2.05, 4.69) is 17.3 Å². The summed E-state index contributed by atoms with van der Waals surface area (Å²) < 4.78 is 7.40. The van der Waals surface area contributed by atoms with Gasteiger partial charge >= 0.3 is 0 Å². The standard InChI is InChI=1S/C16H20ClN3O2/c1-4-11(2)20-15(9-10-18-20)19-16(21)12(3)22-14-8-6-5-7-13(14)17/h5-12H,4H2,1-3H3,(H,19,21). The number of nitrogens with zero attached hydrogens (tertiary/aromatic N) is 2. The lowest BCUT2D eigenvalue weighted by atomic mass is 10.3. The Bertz CT molecular complexity index is 642. The zero-order chi connectivity index (χ0) is 16.1. The molecule has 0 fully saturated rings. The van der Waals surface area contributed by atoms with Crippen LogP contribution in [0.4, 0.5) is 5.82 Å². The molecule has 0 saturated carbocycles. The van der Waals surface area contributed by atoms with Gasteiger partial charge in [0.1, 0.15) is 11.6 Å². The summed E-state index contributed by atoms with van der Waals surface area (Å²) in [5.74, 6) is 0.904. The molecule has 6 heteroatoms. The van der Waals surface area contributed by atoms with Crippen molar-refractivity contribution in [3.05, 3.63) is 41.6 Å². The Morgan fingerprint density at radius 2 is 2.09 bits per heavy atom. The summed E-state index contributed by atoms with van der Waals surface area (Å²) in [5.41, 5.74) is 0. The van der Waals surface area contributed by atoms with E-state index in [9.17, 15) is 4.79 Å². The van der Waals surface area contributed by atoms with Gasteiger partial charge in [0.2, 0.25) is 0 Å². The van der Waals surface area contributed by atoms with Crippen molar-refractivity contribution < 1.29 is 9.53 Å². The van der Waals surface area contributed by atoms with Gasteiger partial charge in [-0.15, -0.1) is 0 Å². The molecule has 0 radical (unpaired) electrons. The molecule has 22 heavy (non-hydrogen) atoms. The highest BCUT2D eigenvalue weighted by Gasteiger charge is 2.18. The van der Waals surface area contributed by atoms with E-state index in [1.807, 2.05) is 19.1 Å². The van der Waals surface area contributed by atoms with E-state index in [0.29, 0.717) is 16.6 Å². The lowest BCUT2D eigenvalue weighted by Crippen LogP contribution is -2.31. The van der Waals surface area contributed by atoms with E-state index in [4.69, 9.17) is 16.3 Å². The number of amides is 1. The largest absolute Gasteiger partial charge is 0.479 e. The van der Waals surface area contributed by atoms with Gasteiger partial charge in [-0.25, -0.2) is 4.68 Å². The topological polar surface area (TPSA) is 56.2 Å². The van der Waals surface area contributed by atoms with Gasteiger partial charge in [-0.05, 0) is 32.4 Å². The lowest BCUT2D eigenvalue weighted by molar-refractivity contribution is -0.122. The molecule has 0 bridgehead atoms. The molecule has 1 aromatic heterocycles. The number of aromatic nitrogens is 2. The third kappa shape index (κ3) is 3.80. The monoisotopic (exact) mass is 321 g/mol. The predicted molar refractivity (Wildman–Crippen MR) is 87.4 cm³/mol. The van der Waals surface area contributed by atoms with E-state index in [-0.39, 0.29) is 11.9 Å². The van der Waals surface area contributed by atoms with Crippen LogP contribution in [0.5, 0.6) is 5.75 Å². The smallest absolute Gasteiger partial charge is 0.266 e. The molecule has 2 aromatic rings. The van der Waals surface area contributed by atoms with E-state index in [0.717, 1.165) is 6.42 Å². The fourth-order valence-corrected chi connectivity index (χ4v) is 2.13. The van der Waals surface area contributed by atoms with Crippen molar-refractivity contribution in [2.24, 2.45) is 0 Å². The summed E-state index contributed by atoms with van der Waals surface area (Å²) in [6.45, 7) is 5.80. The van der Waals surface area contributed by atoms with Gasteiger partial charge in [0.25, 0.3) is 5.91 Å². The Labute approximate surface area is 135 Å². The minimum Gasteiger partial charge on any atom is -0.479 e. The lowest BCUT2D eigenvalue weighted by Gasteiger charge is -2.18. The fraction of sp³-hybridized carbons (Fsp3) is 0.375. The minimum atomic E-state index is -0.666. The van der Waals surface area contributed by atoms with Gasteiger partial charge in [0.15, 0.2) is 6.10 Å². The van der Waals surface area contributed by atoms with Gasteiger partial charge in [0.05, 0.1) is 17.3 Å².